The van der Waals surface area contributed by atoms with E-state index >= 15 is 0 Å². The smallest absolute Gasteiger partial charge is 0.269 e. The third kappa shape index (κ3) is 3.38. The lowest BCUT2D eigenvalue weighted by Crippen LogP contribution is -2.27. The van der Waals surface area contributed by atoms with Gasteiger partial charge in [-0.3, -0.25) is 19.5 Å². The molecule has 8 heteroatoms. The summed E-state index contributed by atoms with van der Waals surface area (Å²) >= 11 is 1.51. The number of ether oxygens (including phenoxy) is 1. The number of non-ortho nitro benzene ring substituents is 1. The minimum Gasteiger partial charge on any atom is -0.383 e. The van der Waals surface area contributed by atoms with E-state index in [1.807, 2.05) is 13.8 Å². The summed E-state index contributed by atoms with van der Waals surface area (Å²) in [4.78, 5) is 29.9. The van der Waals surface area contributed by atoms with Crippen molar-refractivity contribution in [3.8, 4) is 0 Å². The molecule has 3 rings (SSSR count). The van der Waals surface area contributed by atoms with E-state index in [0.29, 0.717) is 30.8 Å². The number of hydrogen-bond donors (Lipinski definition) is 0. The van der Waals surface area contributed by atoms with Gasteiger partial charge in [0.2, 0.25) is 0 Å². The lowest BCUT2D eigenvalue weighted by atomic mass is 10.1. The van der Waals surface area contributed by atoms with Gasteiger partial charge in [-0.15, -0.1) is 11.3 Å². The van der Waals surface area contributed by atoms with Crippen molar-refractivity contribution in [1.82, 2.24) is 9.55 Å². The normalized spacial score (nSPS) is 11.2. The van der Waals surface area contributed by atoms with Crippen molar-refractivity contribution >= 4 is 27.2 Å². The molecule has 0 radical (unpaired) electrons. The number of fused-ring (bicyclic) bond motifs is 1. The molecule has 0 amide bonds. The molecule has 0 spiro atoms. The van der Waals surface area contributed by atoms with Crippen LogP contribution in [0.15, 0.2) is 29.1 Å². The van der Waals surface area contributed by atoms with Gasteiger partial charge in [0.1, 0.15) is 10.7 Å². The quantitative estimate of drug-likeness (QED) is 0.489. The monoisotopic (exact) mass is 373 g/mol. The fourth-order valence-corrected chi connectivity index (χ4v) is 3.87. The van der Waals surface area contributed by atoms with Crippen LogP contribution in [-0.4, -0.2) is 28.2 Å². The Morgan fingerprint density at radius 2 is 1.96 bits per heavy atom. The summed E-state index contributed by atoms with van der Waals surface area (Å²) in [6, 6.07) is 6.32. The van der Waals surface area contributed by atoms with E-state index in [1.54, 1.807) is 23.8 Å². The zero-order valence-electron chi connectivity index (χ0n) is 14.8. The SMILES string of the molecule is COCCn1c(Cc2ccc([N+](=O)[O-])cc2)nc2sc(C)c(C)c2c1=O. The molecule has 0 atom stereocenters. The number of benzene rings is 1. The molecule has 0 aliphatic rings. The third-order valence-electron chi connectivity index (χ3n) is 4.40. The summed E-state index contributed by atoms with van der Waals surface area (Å²) in [5, 5.41) is 11.5. The molecule has 0 aliphatic carbocycles. The van der Waals surface area contributed by atoms with E-state index in [0.717, 1.165) is 20.8 Å². The Morgan fingerprint density at radius 1 is 1.27 bits per heavy atom. The van der Waals surface area contributed by atoms with E-state index in [1.165, 1.54) is 23.5 Å². The van der Waals surface area contributed by atoms with Gasteiger partial charge in [0.15, 0.2) is 0 Å². The van der Waals surface area contributed by atoms with E-state index in [4.69, 9.17) is 9.72 Å². The maximum atomic E-state index is 13.0. The average Bonchev–Trinajstić information content (AvgIpc) is 2.89. The first kappa shape index (κ1) is 18.2. The summed E-state index contributed by atoms with van der Waals surface area (Å²) < 4.78 is 6.78. The highest BCUT2D eigenvalue weighted by atomic mass is 32.1. The average molecular weight is 373 g/mol. The van der Waals surface area contributed by atoms with Crippen LogP contribution in [0.1, 0.15) is 21.8 Å². The van der Waals surface area contributed by atoms with Crippen molar-refractivity contribution in [2.45, 2.75) is 26.8 Å². The maximum Gasteiger partial charge on any atom is 0.269 e. The van der Waals surface area contributed by atoms with Crippen LogP contribution in [0.3, 0.4) is 0 Å². The summed E-state index contributed by atoms with van der Waals surface area (Å²) in [7, 11) is 1.59. The zero-order chi connectivity index (χ0) is 18.8. The molecule has 0 N–H and O–H groups in total. The van der Waals surface area contributed by atoms with E-state index in [2.05, 4.69) is 0 Å². The Hall–Kier alpha value is -2.58. The highest BCUT2D eigenvalue weighted by Crippen LogP contribution is 2.26. The predicted octanol–water partition coefficient (Wildman–Crippen LogP) is 3.22. The number of thiophene rings is 1. The third-order valence-corrected chi connectivity index (χ3v) is 5.50. The van der Waals surface area contributed by atoms with Gasteiger partial charge < -0.3 is 4.74 Å². The predicted molar refractivity (Wildman–Crippen MR) is 101 cm³/mol. The maximum absolute atomic E-state index is 13.0. The topological polar surface area (TPSA) is 87.3 Å². The van der Waals surface area contributed by atoms with Gasteiger partial charge >= 0.3 is 0 Å². The Labute approximate surface area is 154 Å². The van der Waals surface area contributed by atoms with Crippen LogP contribution in [0.25, 0.3) is 10.2 Å². The molecule has 26 heavy (non-hydrogen) atoms. The molecule has 2 aromatic heterocycles. The summed E-state index contributed by atoms with van der Waals surface area (Å²) in [6.45, 7) is 4.74. The fraction of sp³-hybridized carbons (Fsp3) is 0.333. The van der Waals surface area contributed by atoms with Gasteiger partial charge in [-0.1, -0.05) is 12.1 Å². The van der Waals surface area contributed by atoms with Crippen molar-refractivity contribution < 1.29 is 9.66 Å². The fourth-order valence-electron chi connectivity index (χ4n) is 2.84. The van der Waals surface area contributed by atoms with Crippen LogP contribution in [0.5, 0.6) is 0 Å². The number of aromatic nitrogens is 2. The first-order valence-corrected chi connectivity index (χ1v) is 8.95. The highest BCUT2D eigenvalue weighted by molar-refractivity contribution is 7.18. The molecule has 136 valence electrons. The van der Waals surface area contributed by atoms with Crippen molar-refractivity contribution in [3.05, 3.63) is 66.6 Å². The molecule has 0 unspecified atom stereocenters. The van der Waals surface area contributed by atoms with Crippen molar-refractivity contribution in [2.75, 3.05) is 13.7 Å². The molecule has 0 saturated heterocycles. The number of nitro benzene ring substituents is 1. The number of rotatable bonds is 6. The summed E-state index contributed by atoms with van der Waals surface area (Å²) in [5.74, 6) is 0.634. The van der Waals surface area contributed by atoms with E-state index in [9.17, 15) is 14.9 Å². The van der Waals surface area contributed by atoms with Crippen LogP contribution in [-0.2, 0) is 17.7 Å². The number of aryl methyl sites for hydroxylation is 2. The second-order valence-corrected chi connectivity index (χ2v) is 7.24. The molecular formula is C18H19N3O4S. The minimum absolute atomic E-state index is 0.0402. The molecular weight excluding hydrogens is 354 g/mol. The molecule has 0 fully saturated rings. The summed E-state index contributed by atoms with van der Waals surface area (Å²) in [6.07, 6.45) is 0.420. The number of nitro groups is 1. The Balaban J connectivity index is 2.08. The van der Waals surface area contributed by atoms with Crippen LogP contribution in [0.2, 0.25) is 0 Å². The molecule has 0 bridgehead atoms. The number of methoxy groups -OCH3 is 1. The molecule has 0 saturated carbocycles. The van der Waals surface area contributed by atoms with Crippen LogP contribution in [0, 0.1) is 24.0 Å². The van der Waals surface area contributed by atoms with Gasteiger partial charge in [0.25, 0.3) is 11.2 Å². The van der Waals surface area contributed by atoms with Gasteiger partial charge in [0, 0.05) is 30.5 Å². The van der Waals surface area contributed by atoms with E-state index in [-0.39, 0.29) is 11.2 Å². The van der Waals surface area contributed by atoms with Crippen molar-refractivity contribution in [2.24, 2.45) is 0 Å². The van der Waals surface area contributed by atoms with Crippen molar-refractivity contribution in [1.29, 1.82) is 0 Å². The molecule has 0 aliphatic heterocycles. The van der Waals surface area contributed by atoms with Crippen LogP contribution >= 0.6 is 11.3 Å². The second-order valence-electron chi connectivity index (χ2n) is 6.04. The first-order valence-electron chi connectivity index (χ1n) is 8.14. The molecule has 3 aromatic rings. The number of nitrogens with zero attached hydrogens (tertiary/aromatic N) is 3. The molecule has 1 aromatic carbocycles. The van der Waals surface area contributed by atoms with Gasteiger partial charge in [-0.2, -0.15) is 0 Å². The van der Waals surface area contributed by atoms with Crippen molar-refractivity contribution in [3.63, 3.8) is 0 Å². The Kier molecular flexibility index (Phi) is 5.15. The zero-order valence-corrected chi connectivity index (χ0v) is 15.6. The highest BCUT2D eigenvalue weighted by Gasteiger charge is 2.17. The second kappa shape index (κ2) is 7.35. The lowest BCUT2D eigenvalue weighted by molar-refractivity contribution is -0.384. The first-order chi connectivity index (χ1) is 12.4. The largest absolute Gasteiger partial charge is 0.383 e. The molecule has 2 heterocycles. The Morgan fingerprint density at radius 3 is 2.58 bits per heavy atom. The van der Waals surface area contributed by atoms with Gasteiger partial charge in [0.05, 0.1) is 23.5 Å². The number of hydrogen-bond acceptors (Lipinski definition) is 6. The summed E-state index contributed by atoms with van der Waals surface area (Å²) in [5.41, 5.74) is 1.80. The lowest BCUT2D eigenvalue weighted by Gasteiger charge is -2.12. The van der Waals surface area contributed by atoms with Crippen LogP contribution in [0.4, 0.5) is 5.69 Å². The molecule has 7 nitrogen and oxygen atoms in total. The van der Waals surface area contributed by atoms with E-state index < -0.39 is 4.92 Å². The Bertz CT molecular complexity index is 1020. The minimum atomic E-state index is -0.431. The van der Waals surface area contributed by atoms with Gasteiger partial charge in [-0.25, -0.2) is 4.98 Å². The standard InChI is InChI=1S/C18H19N3O4S/c1-11-12(2)26-17-16(11)18(22)20(8-9-25-3)15(19-17)10-13-4-6-14(7-5-13)21(23)24/h4-7H,8-10H2,1-3H3. The van der Waals surface area contributed by atoms with Gasteiger partial charge in [-0.05, 0) is 25.0 Å². The van der Waals surface area contributed by atoms with Crippen LogP contribution < -0.4 is 5.56 Å².